The summed E-state index contributed by atoms with van der Waals surface area (Å²) in [5, 5.41) is 10.3. The molecule has 390 valence electrons. The lowest BCUT2D eigenvalue weighted by molar-refractivity contribution is -0.161. The summed E-state index contributed by atoms with van der Waals surface area (Å²) >= 11 is 0. The van der Waals surface area contributed by atoms with Crippen molar-refractivity contribution in [1.82, 2.24) is 0 Å². The van der Waals surface area contributed by atoms with Crippen molar-refractivity contribution < 1.29 is 80.2 Å². The van der Waals surface area contributed by atoms with Crippen molar-refractivity contribution in [1.29, 1.82) is 0 Å². The fourth-order valence-corrected chi connectivity index (χ4v) is 8.21. The number of unbranched alkanes of at least 4 members (excludes halogenated alkanes) is 22. The van der Waals surface area contributed by atoms with Gasteiger partial charge in [-0.15, -0.1) is 0 Å². The van der Waals surface area contributed by atoms with Gasteiger partial charge < -0.3 is 33.8 Å². The zero-order valence-corrected chi connectivity index (χ0v) is 42.9. The Morgan fingerprint density at radius 3 is 0.909 bits per heavy atom. The normalized spacial score (nSPS) is 14.7. The predicted molar refractivity (Wildman–Crippen MR) is 252 cm³/mol. The second kappa shape index (κ2) is 43.1. The number of esters is 4. The van der Waals surface area contributed by atoms with Gasteiger partial charge in [0.05, 0.1) is 26.4 Å². The Bertz CT molecular complexity index is 1320. The molecule has 66 heavy (non-hydrogen) atoms. The van der Waals surface area contributed by atoms with E-state index in [4.69, 9.17) is 37.0 Å². The Morgan fingerprint density at radius 2 is 0.606 bits per heavy atom. The van der Waals surface area contributed by atoms with Crippen LogP contribution in [0.3, 0.4) is 0 Å². The minimum Gasteiger partial charge on any atom is -0.462 e. The van der Waals surface area contributed by atoms with Gasteiger partial charge in [-0.2, -0.15) is 0 Å². The molecule has 0 aromatic rings. The Labute approximate surface area is 397 Å². The summed E-state index contributed by atoms with van der Waals surface area (Å²) in [5.74, 6) is -2.20. The van der Waals surface area contributed by atoms with Crippen molar-refractivity contribution >= 4 is 39.5 Å². The molecule has 0 aliphatic carbocycles. The van der Waals surface area contributed by atoms with Gasteiger partial charge in [0.2, 0.25) is 0 Å². The monoisotopic (exact) mass is 989 g/mol. The van der Waals surface area contributed by atoms with Crippen molar-refractivity contribution in [2.75, 3.05) is 39.6 Å². The zero-order chi connectivity index (χ0) is 49.2. The minimum atomic E-state index is -4.91. The van der Waals surface area contributed by atoms with E-state index in [1.54, 1.807) is 0 Å². The summed E-state index contributed by atoms with van der Waals surface area (Å²) in [6.45, 7) is 4.44. The largest absolute Gasteiger partial charge is 0.472 e. The van der Waals surface area contributed by atoms with Gasteiger partial charge in [-0.3, -0.25) is 37.3 Å². The highest BCUT2D eigenvalue weighted by molar-refractivity contribution is 7.47. The number of hydrogen-bond acceptors (Lipinski definition) is 15. The molecule has 0 spiro atoms. The van der Waals surface area contributed by atoms with Crippen molar-refractivity contribution in [3.8, 4) is 0 Å². The van der Waals surface area contributed by atoms with Crippen LogP contribution < -0.4 is 0 Å². The summed E-state index contributed by atoms with van der Waals surface area (Å²) in [6.07, 6.45) is 22.5. The van der Waals surface area contributed by atoms with Crippen LogP contribution in [0.25, 0.3) is 0 Å². The van der Waals surface area contributed by atoms with Gasteiger partial charge in [0.25, 0.3) is 0 Å². The molecule has 0 aliphatic heterocycles. The molecule has 0 fully saturated rings. The summed E-state index contributed by atoms with van der Waals surface area (Å²) < 4.78 is 66.5. The van der Waals surface area contributed by atoms with Crippen LogP contribution in [0.5, 0.6) is 0 Å². The molecule has 17 nitrogen and oxygen atoms in total. The van der Waals surface area contributed by atoms with Crippen LogP contribution in [-0.2, 0) is 65.4 Å². The number of carbonyl (C=O) groups is 4. The zero-order valence-electron chi connectivity index (χ0n) is 41.1. The standard InChI is InChI=1S/C47H90O17P2/c1-5-9-13-17-18-19-20-21-22-23-26-29-32-45(50)58-38-43(64-47(52)34-30-25-15-11-7-3)40-62-66(55,56)60-36-41(48)35-59-65(53,54)61-39-42(63-46(51)33-27-16-12-8-4)37-57-44(49)31-28-24-14-10-6-2/h41-43,48H,5-40H2,1-4H3,(H,53,54)(H,55,56)/t41-,42+,43+/m0/s1. The van der Waals surface area contributed by atoms with E-state index >= 15 is 0 Å². The Hall–Kier alpha value is -1.94. The van der Waals surface area contributed by atoms with Crippen molar-refractivity contribution in [2.45, 2.75) is 239 Å². The highest BCUT2D eigenvalue weighted by atomic mass is 31.2. The van der Waals surface area contributed by atoms with Crippen LogP contribution in [-0.4, -0.2) is 96.7 Å². The average Bonchev–Trinajstić information content (AvgIpc) is 3.28. The highest BCUT2D eigenvalue weighted by Crippen LogP contribution is 2.45. The lowest BCUT2D eigenvalue weighted by Crippen LogP contribution is -2.30. The highest BCUT2D eigenvalue weighted by Gasteiger charge is 2.30. The second-order valence-electron chi connectivity index (χ2n) is 17.1. The number of hydrogen-bond donors (Lipinski definition) is 3. The molecule has 5 atom stereocenters. The second-order valence-corrected chi connectivity index (χ2v) is 20.0. The Kier molecular flexibility index (Phi) is 41.8. The molecule has 0 heterocycles. The molecule has 0 amide bonds. The molecule has 0 saturated heterocycles. The maximum atomic E-state index is 12.7. The van der Waals surface area contributed by atoms with Gasteiger partial charge in [-0.1, -0.05) is 169 Å². The van der Waals surface area contributed by atoms with E-state index < -0.39 is 97.5 Å². The smallest absolute Gasteiger partial charge is 0.462 e. The topological polar surface area (TPSA) is 237 Å². The molecule has 0 radical (unpaired) electrons. The number of aliphatic hydroxyl groups excluding tert-OH is 1. The molecule has 0 aromatic carbocycles. The predicted octanol–water partition coefficient (Wildman–Crippen LogP) is 11.3. The number of phosphoric ester groups is 2. The third-order valence-electron chi connectivity index (χ3n) is 10.6. The summed E-state index contributed by atoms with van der Waals surface area (Å²) in [7, 11) is -9.82. The molecule has 3 N–H and O–H groups in total. The molecule has 0 bridgehead atoms. The van der Waals surface area contributed by atoms with Crippen LogP contribution in [0.15, 0.2) is 0 Å². The molecule has 0 aliphatic rings. The van der Waals surface area contributed by atoms with Gasteiger partial charge in [0.1, 0.15) is 19.3 Å². The van der Waals surface area contributed by atoms with Crippen LogP contribution >= 0.6 is 15.6 Å². The van der Waals surface area contributed by atoms with E-state index in [0.29, 0.717) is 25.7 Å². The number of carbonyl (C=O) groups excluding carboxylic acids is 4. The molecule has 0 aromatic heterocycles. The maximum absolute atomic E-state index is 12.7. The summed E-state index contributed by atoms with van der Waals surface area (Å²) in [4.78, 5) is 70.5. The van der Waals surface area contributed by atoms with Gasteiger partial charge in [-0.05, 0) is 25.7 Å². The third kappa shape index (κ3) is 42.2. The van der Waals surface area contributed by atoms with Crippen molar-refractivity contribution in [3.05, 3.63) is 0 Å². The first-order chi connectivity index (χ1) is 31.7. The van der Waals surface area contributed by atoms with E-state index in [0.717, 1.165) is 89.9 Å². The number of phosphoric acid groups is 2. The molecular weight excluding hydrogens is 898 g/mol. The summed E-state index contributed by atoms with van der Waals surface area (Å²) in [5.41, 5.74) is 0. The summed E-state index contributed by atoms with van der Waals surface area (Å²) in [6, 6.07) is 0. The van der Waals surface area contributed by atoms with E-state index in [-0.39, 0.29) is 25.7 Å². The van der Waals surface area contributed by atoms with Crippen LogP contribution in [0.1, 0.15) is 220 Å². The molecule has 19 heteroatoms. The first-order valence-corrected chi connectivity index (χ1v) is 28.3. The number of rotatable bonds is 48. The Morgan fingerprint density at radius 1 is 0.364 bits per heavy atom. The lowest BCUT2D eigenvalue weighted by atomic mass is 10.0. The quantitative estimate of drug-likeness (QED) is 0.0222. The van der Waals surface area contributed by atoms with Crippen LogP contribution in [0.2, 0.25) is 0 Å². The van der Waals surface area contributed by atoms with E-state index in [1.807, 2.05) is 6.92 Å². The number of aliphatic hydroxyl groups is 1. The fourth-order valence-electron chi connectivity index (χ4n) is 6.63. The van der Waals surface area contributed by atoms with Crippen molar-refractivity contribution in [3.63, 3.8) is 0 Å². The lowest BCUT2D eigenvalue weighted by Gasteiger charge is -2.21. The first-order valence-electron chi connectivity index (χ1n) is 25.3. The van der Waals surface area contributed by atoms with Crippen LogP contribution in [0, 0.1) is 0 Å². The fraction of sp³-hybridized carbons (Fsp3) is 0.915. The molecule has 0 saturated carbocycles. The number of ether oxygens (including phenoxy) is 4. The molecular formula is C47H90O17P2. The third-order valence-corrected chi connectivity index (χ3v) is 12.5. The maximum Gasteiger partial charge on any atom is 0.472 e. The Balaban J connectivity index is 5.02. The average molecular weight is 989 g/mol. The SMILES string of the molecule is CCCCCCCCCCCCCCC(=O)OC[C@H](COP(=O)(O)OC[C@@H](O)COP(=O)(O)OC[C@@H](COC(=O)CCCCCCC)OC(=O)CCCCCC)OC(=O)CCCCCCC. The van der Waals surface area contributed by atoms with E-state index in [2.05, 4.69) is 20.8 Å². The molecule has 0 rings (SSSR count). The van der Waals surface area contributed by atoms with E-state index in [9.17, 15) is 43.2 Å². The van der Waals surface area contributed by atoms with Crippen molar-refractivity contribution in [2.24, 2.45) is 0 Å². The molecule has 2 unspecified atom stereocenters. The van der Waals surface area contributed by atoms with Gasteiger partial charge in [-0.25, -0.2) is 9.13 Å². The minimum absolute atomic E-state index is 0.0950. The van der Waals surface area contributed by atoms with Gasteiger partial charge in [0, 0.05) is 25.7 Å². The van der Waals surface area contributed by atoms with Crippen LogP contribution in [0.4, 0.5) is 0 Å². The van der Waals surface area contributed by atoms with Gasteiger partial charge in [0.15, 0.2) is 12.2 Å². The first kappa shape index (κ1) is 64.1. The van der Waals surface area contributed by atoms with E-state index in [1.165, 1.54) is 51.4 Å². The van der Waals surface area contributed by atoms with Gasteiger partial charge >= 0.3 is 39.5 Å².